The smallest absolute Gasteiger partial charge is 0.0494 e. The van der Waals surface area contributed by atoms with Gasteiger partial charge in [0.2, 0.25) is 0 Å². The molecular formula is C11H15NOS. The summed E-state index contributed by atoms with van der Waals surface area (Å²) in [5.41, 5.74) is 0. The van der Waals surface area contributed by atoms with E-state index in [2.05, 4.69) is 35.0 Å². The van der Waals surface area contributed by atoms with E-state index in [4.69, 9.17) is 5.11 Å². The summed E-state index contributed by atoms with van der Waals surface area (Å²) in [4.78, 5) is 1.37. The zero-order chi connectivity index (χ0) is 9.80. The Morgan fingerprint density at radius 2 is 2.43 bits per heavy atom. The molecule has 1 aromatic heterocycles. The fourth-order valence-electron chi connectivity index (χ4n) is 1.71. The first-order valence-electron chi connectivity index (χ1n) is 4.93. The molecule has 14 heavy (non-hydrogen) atoms. The van der Waals surface area contributed by atoms with Gasteiger partial charge in [0.05, 0.1) is 0 Å². The number of hydrogen-bond acceptors (Lipinski definition) is 3. The second kappa shape index (κ2) is 4.73. The highest BCUT2D eigenvalue weighted by atomic mass is 32.1. The van der Waals surface area contributed by atoms with Crippen molar-refractivity contribution in [3.05, 3.63) is 34.5 Å². The molecule has 2 N–H and O–H groups in total. The minimum atomic E-state index is 0.272. The molecule has 0 aromatic carbocycles. The van der Waals surface area contributed by atoms with Crippen LogP contribution in [0.1, 0.15) is 11.3 Å². The molecule has 0 spiro atoms. The van der Waals surface area contributed by atoms with Gasteiger partial charge in [0.1, 0.15) is 0 Å². The van der Waals surface area contributed by atoms with Crippen LogP contribution in [0.15, 0.2) is 29.7 Å². The fraction of sp³-hybridized carbons (Fsp3) is 0.455. The number of nitrogens with one attached hydrogen (secondary N) is 1. The zero-order valence-corrected chi connectivity index (χ0v) is 8.83. The van der Waals surface area contributed by atoms with Gasteiger partial charge in [-0.05, 0) is 17.9 Å². The molecule has 1 aromatic rings. The standard InChI is InChI=1S/C11H15NOS/c13-8-9-3-4-10(6-9)12-7-11-2-1-5-14-11/h1-5,9-10,12-13H,6-8H2/t9-,10+/m0/s1. The SMILES string of the molecule is OC[C@H]1C=C[C@@H](NCc2cccs2)C1. The molecule has 1 aliphatic carbocycles. The van der Waals surface area contributed by atoms with Crippen molar-refractivity contribution in [2.75, 3.05) is 6.61 Å². The van der Waals surface area contributed by atoms with Gasteiger partial charge in [-0.15, -0.1) is 11.3 Å². The Kier molecular flexibility index (Phi) is 3.35. The molecule has 0 fully saturated rings. The number of hydrogen-bond donors (Lipinski definition) is 2. The van der Waals surface area contributed by atoms with Crippen LogP contribution >= 0.6 is 11.3 Å². The van der Waals surface area contributed by atoms with Crippen molar-refractivity contribution in [3.8, 4) is 0 Å². The summed E-state index contributed by atoms with van der Waals surface area (Å²) in [6.07, 6.45) is 5.29. The number of thiophene rings is 1. The van der Waals surface area contributed by atoms with Crippen molar-refractivity contribution in [2.24, 2.45) is 5.92 Å². The minimum absolute atomic E-state index is 0.272. The summed E-state index contributed by atoms with van der Waals surface area (Å²) in [7, 11) is 0. The molecule has 0 bridgehead atoms. The molecule has 3 heteroatoms. The van der Waals surface area contributed by atoms with E-state index in [1.54, 1.807) is 11.3 Å². The summed E-state index contributed by atoms with van der Waals surface area (Å²) >= 11 is 1.78. The van der Waals surface area contributed by atoms with Gasteiger partial charge in [0.15, 0.2) is 0 Å². The summed E-state index contributed by atoms with van der Waals surface area (Å²) in [6.45, 7) is 1.21. The molecule has 76 valence electrons. The predicted molar refractivity (Wildman–Crippen MR) is 59.3 cm³/mol. The van der Waals surface area contributed by atoms with Gasteiger partial charge in [0, 0.05) is 30.0 Å². The minimum Gasteiger partial charge on any atom is -0.396 e. The van der Waals surface area contributed by atoms with Crippen LogP contribution in [-0.4, -0.2) is 17.8 Å². The molecule has 0 amide bonds. The third-order valence-corrected chi connectivity index (χ3v) is 3.40. The van der Waals surface area contributed by atoms with Crippen molar-refractivity contribution in [1.29, 1.82) is 0 Å². The lowest BCUT2D eigenvalue weighted by molar-refractivity contribution is 0.246. The van der Waals surface area contributed by atoms with E-state index in [-0.39, 0.29) is 6.61 Å². The number of aliphatic hydroxyl groups is 1. The highest BCUT2D eigenvalue weighted by molar-refractivity contribution is 7.09. The van der Waals surface area contributed by atoms with Crippen LogP contribution in [0.25, 0.3) is 0 Å². The van der Waals surface area contributed by atoms with Crippen LogP contribution in [0.5, 0.6) is 0 Å². The largest absolute Gasteiger partial charge is 0.396 e. The Labute approximate surface area is 88.3 Å². The topological polar surface area (TPSA) is 32.3 Å². The van der Waals surface area contributed by atoms with E-state index in [0.29, 0.717) is 12.0 Å². The third kappa shape index (κ3) is 2.44. The van der Waals surface area contributed by atoms with Gasteiger partial charge in [-0.25, -0.2) is 0 Å². The molecule has 1 heterocycles. The van der Waals surface area contributed by atoms with Crippen molar-refractivity contribution in [3.63, 3.8) is 0 Å². The Bertz CT molecular complexity index is 294. The van der Waals surface area contributed by atoms with Crippen molar-refractivity contribution in [1.82, 2.24) is 5.32 Å². The monoisotopic (exact) mass is 209 g/mol. The first kappa shape index (κ1) is 9.90. The van der Waals surface area contributed by atoms with Crippen LogP contribution in [0.4, 0.5) is 0 Å². The van der Waals surface area contributed by atoms with E-state index in [9.17, 15) is 0 Å². The molecule has 2 rings (SSSR count). The van der Waals surface area contributed by atoms with Crippen molar-refractivity contribution >= 4 is 11.3 Å². The highest BCUT2D eigenvalue weighted by Crippen LogP contribution is 2.18. The average Bonchev–Trinajstić information content (AvgIpc) is 2.86. The Hall–Kier alpha value is -0.640. The van der Waals surface area contributed by atoms with Crippen molar-refractivity contribution < 1.29 is 5.11 Å². The lowest BCUT2D eigenvalue weighted by Crippen LogP contribution is -2.25. The Balaban J connectivity index is 1.75. The van der Waals surface area contributed by atoms with Crippen LogP contribution < -0.4 is 5.32 Å². The number of rotatable bonds is 4. The van der Waals surface area contributed by atoms with Gasteiger partial charge >= 0.3 is 0 Å². The van der Waals surface area contributed by atoms with Gasteiger partial charge in [0.25, 0.3) is 0 Å². The molecule has 0 radical (unpaired) electrons. The van der Waals surface area contributed by atoms with E-state index >= 15 is 0 Å². The highest BCUT2D eigenvalue weighted by Gasteiger charge is 2.17. The maximum absolute atomic E-state index is 8.96. The lowest BCUT2D eigenvalue weighted by atomic mass is 10.1. The predicted octanol–water partition coefficient (Wildman–Crippen LogP) is 1.77. The third-order valence-electron chi connectivity index (χ3n) is 2.53. The molecule has 0 unspecified atom stereocenters. The van der Waals surface area contributed by atoms with E-state index in [1.165, 1.54) is 4.88 Å². The molecule has 2 nitrogen and oxygen atoms in total. The fourth-order valence-corrected chi connectivity index (χ4v) is 2.36. The molecule has 0 aliphatic heterocycles. The van der Waals surface area contributed by atoms with Crippen LogP contribution in [-0.2, 0) is 6.54 Å². The first-order chi connectivity index (χ1) is 6.88. The molecule has 0 saturated heterocycles. The second-order valence-electron chi connectivity index (χ2n) is 3.63. The van der Waals surface area contributed by atoms with Gasteiger partial charge in [-0.1, -0.05) is 18.2 Å². The Morgan fingerprint density at radius 3 is 3.07 bits per heavy atom. The molecule has 2 atom stereocenters. The zero-order valence-electron chi connectivity index (χ0n) is 8.02. The number of aliphatic hydroxyl groups excluding tert-OH is 1. The molecular weight excluding hydrogens is 194 g/mol. The van der Waals surface area contributed by atoms with Gasteiger partial charge in [-0.2, -0.15) is 0 Å². The summed E-state index contributed by atoms with van der Waals surface area (Å²) < 4.78 is 0. The summed E-state index contributed by atoms with van der Waals surface area (Å²) in [5.74, 6) is 0.357. The lowest BCUT2D eigenvalue weighted by Gasteiger charge is -2.11. The molecule has 0 saturated carbocycles. The maximum Gasteiger partial charge on any atom is 0.0494 e. The van der Waals surface area contributed by atoms with E-state index < -0.39 is 0 Å². The quantitative estimate of drug-likeness (QED) is 0.741. The normalized spacial score (nSPS) is 25.8. The Morgan fingerprint density at radius 1 is 1.50 bits per heavy atom. The average molecular weight is 209 g/mol. The molecule has 1 aliphatic rings. The van der Waals surface area contributed by atoms with Crippen LogP contribution in [0, 0.1) is 5.92 Å². The van der Waals surface area contributed by atoms with E-state index in [0.717, 1.165) is 13.0 Å². The van der Waals surface area contributed by atoms with Crippen LogP contribution in [0.2, 0.25) is 0 Å². The maximum atomic E-state index is 8.96. The van der Waals surface area contributed by atoms with Crippen LogP contribution in [0.3, 0.4) is 0 Å². The van der Waals surface area contributed by atoms with Gasteiger partial charge < -0.3 is 10.4 Å². The van der Waals surface area contributed by atoms with Gasteiger partial charge in [-0.3, -0.25) is 0 Å². The van der Waals surface area contributed by atoms with Crippen molar-refractivity contribution in [2.45, 2.75) is 19.0 Å². The second-order valence-corrected chi connectivity index (χ2v) is 4.66. The summed E-state index contributed by atoms with van der Waals surface area (Å²) in [5, 5.41) is 14.5. The van der Waals surface area contributed by atoms with E-state index in [1.807, 2.05) is 0 Å². The first-order valence-corrected chi connectivity index (χ1v) is 5.81. The summed E-state index contributed by atoms with van der Waals surface area (Å²) in [6, 6.07) is 4.65.